The van der Waals surface area contributed by atoms with E-state index in [1.54, 1.807) is 0 Å². The van der Waals surface area contributed by atoms with E-state index in [-0.39, 0.29) is 17.5 Å². The first-order chi connectivity index (χ1) is 22.5. The van der Waals surface area contributed by atoms with Crippen LogP contribution in [0.15, 0.2) is 127 Å². The SMILES string of the molecule is CC1CC=Cc2ccc3c(C4=CC(C)C(C5(C)Nc6ccccc6N5c5ccccc5)C=C4)c4ccc5ccccc5c4nc3c21. The number of para-hydroxylation sites is 3. The first-order valence-electron chi connectivity index (χ1n) is 16.6. The maximum atomic E-state index is 5.50. The van der Waals surface area contributed by atoms with E-state index < -0.39 is 0 Å². The second kappa shape index (κ2) is 10.2. The third-order valence-electron chi connectivity index (χ3n) is 10.6. The molecule has 0 amide bonds. The molecule has 2 aliphatic carbocycles. The summed E-state index contributed by atoms with van der Waals surface area (Å²) in [5, 5.41) is 8.87. The average Bonchev–Trinajstić information content (AvgIpc) is 3.40. The number of hydrogen-bond donors (Lipinski definition) is 1. The molecule has 0 radical (unpaired) electrons. The van der Waals surface area contributed by atoms with Crippen molar-refractivity contribution in [2.24, 2.45) is 11.8 Å². The number of allylic oxidation sites excluding steroid dienone is 4. The standard InChI is InChI=1S/C43H37N3/c1-27-12-11-14-30-21-24-35-40(34-23-20-29-13-7-8-17-33(29)41(34)44-42(35)39(27)30)31-22-25-36(28(2)26-31)43(3)45-37-18-9-10-19-38(37)46(43)32-15-5-4-6-16-32/h4-11,13-28,36,45H,12H2,1-3H3. The van der Waals surface area contributed by atoms with Gasteiger partial charge >= 0.3 is 0 Å². The van der Waals surface area contributed by atoms with Crippen LogP contribution < -0.4 is 10.2 Å². The summed E-state index contributed by atoms with van der Waals surface area (Å²) in [5.74, 6) is 0.924. The van der Waals surface area contributed by atoms with E-state index in [0.29, 0.717) is 5.92 Å². The zero-order chi connectivity index (χ0) is 31.0. The Morgan fingerprint density at radius 1 is 0.761 bits per heavy atom. The molecule has 0 saturated heterocycles. The Balaban J connectivity index is 1.23. The van der Waals surface area contributed by atoms with Gasteiger partial charge in [-0.25, -0.2) is 4.98 Å². The molecule has 46 heavy (non-hydrogen) atoms. The highest BCUT2D eigenvalue weighted by Gasteiger charge is 2.47. The summed E-state index contributed by atoms with van der Waals surface area (Å²) in [7, 11) is 0. The fraction of sp³-hybridized carbons (Fsp3) is 0.186. The Morgan fingerprint density at radius 2 is 1.52 bits per heavy atom. The molecule has 1 N–H and O–H groups in total. The molecular weight excluding hydrogens is 558 g/mol. The lowest BCUT2D eigenvalue weighted by Gasteiger charge is -2.45. The van der Waals surface area contributed by atoms with Gasteiger partial charge in [0.1, 0.15) is 5.66 Å². The van der Waals surface area contributed by atoms with Crippen LogP contribution in [0.5, 0.6) is 0 Å². The van der Waals surface area contributed by atoms with E-state index in [1.807, 2.05) is 0 Å². The van der Waals surface area contributed by atoms with E-state index in [9.17, 15) is 0 Å². The van der Waals surface area contributed by atoms with E-state index in [0.717, 1.165) is 17.5 Å². The van der Waals surface area contributed by atoms with Crippen molar-refractivity contribution in [3.63, 3.8) is 0 Å². The second-order valence-electron chi connectivity index (χ2n) is 13.5. The van der Waals surface area contributed by atoms with Gasteiger partial charge in [-0.05, 0) is 71.5 Å². The van der Waals surface area contributed by atoms with Gasteiger partial charge in [-0.1, -0.05) is 123 Å². The van der Waals surface area contributed by atoms with Crippen molar-refractivity contribution in [1.29, 1.82) is 0 Å². The van der Waals surface area contributed by atoms with Crippen LogP contribution in [0.4, 0.5) is 17.1 Å². The summed E-state index contributed by atoms with van der Waals surface area (Å²) in [6, 6.07) is 37.3. The highest BCUT2D eigenvalue weighted by molar-refractivity contribution is 6.16. The summed E-state index contributed by atoms with van der Waals surface area (Å²) in [6.07, 6.45) is 13.0. The van der Waals surface area contributed by atoms with Crippen LogP contribution in [0.25, 0.3) is 44.2 Å². The Morgan fingerprint density at radius 3 is 2.39 bits per heavy atom. The van der Waals surface area contributed by atoms with Crippen molar-refractivity contribution < 1.29 is 0 Å². The molecule has 0 spiro atoms. The third kappa shape index (κ3) is 3.94. The predicted molar refractivity (Wildman–Crippen MR) is 196 cm³/mol. The molecule has 3 nitrogen and oxygen atoms in total. The lowest BCUT2D eigenvalue weighted by molar-refractivity contribution is 0.337. The minimum atomic E-state index is -0.345. The molecule has 0 saturated carbocycles. The largest absolute Gasteiger partial charge is 0.360 e. The number of fused-ring (bicyclic) bond motifs is 7. The van der Waals surface area contributed by atoms with Crippen LogP contribution in [-0.4, -0.2) is 10.6 Å². The molecule has 1 aromatic heterocycles. The maximum absolute atomic E-state index is 5.50. The highest BCUT2D eigenvalue weighted by Crippen LogP contribution is 2.51. The number of anilines is 3. The number of rotatable bonds is 3. The van der Waals surface area contributed by atoms with Gasteiger partial charge in [-0.3, -0.25) is 0 Å². The third-order valence-corrected chi connectivity index (χ3v) is 10.6. The number of nitrogens with zero attached hydrogens (tertiary/aromatic N) is 2. The lowest BCUT2D eigenvalue weighted by atomic mass is 9.76. The molecule has 4 atom stereocenters. The fourth-order valence-corrected chi connectivity index (χ4v) is 8.53. The van der Waals surface area contributed by atoms with Crippen molar-refractivity contribution in [1.82, 2.24) is 4.98 Å². The molecule has 2 heterocycles. The van der Waals surface area contributed by atoms with E-state index >= 15 is 0 Å². The Kier molecular flexibility index (Phi) is 6.02. The van der Waals surface area contributed by atoms with Crippen LogP contribution in [0.1, 0.15) is 49.8 Å². The van der Waals surface area contributed by atoms with Gasteiger partial charge in [0.05, 0.1) is 22.4 Å². The Hall–Kier alpha value is -5.15. The van der Waals surface area contributed by atoms with Gasteiger partial charge in [0, 0.05) is 33.3 Å². The highest BCUT2D eigenvalue weighted by atomic mass is 15.4. The number of aromatic nitrogens is 1. The zero-order valence-electron chi connectivity index (χ0n) is 26.5. The molecule has 0 fully saturated rings. The molecule has 3 heteroatoms. The second-order valence-corrected chi connectivity index (χ2v) is 13.5. The van der Waals surface area contributed by atoms with Crippen LogP contribution >= 0.6 is 0 Å². The van der Waals surface area contributed by atoms with Gasteiger partial charge in [-0.2, -0.15) is 0 Å². The number of pyridine rings is 1. The maximum Gasteiger partial charge on any atom is 0.119 e. The summed E-state index contributed by atoms with van der Waals surface area (Å²) < 4.78 is 0. The van der Waals surface area contributed by atoms with Crippen molar-refractivity contribution >= 4 is 61.3 Å². The molecule has 4 unspecified atom stereocenters. The normalized spacial score (nSPS) is 23.4. The van der Waals surface area contributed by atoms with Crippen LogP contribution in [0.3, 0.4) is 0 Å². The van der Waals surface area contributed by atoms with E-state index in [2.05, 4.69) is 164 Å². The van der Waals surface area contributed by atoms with Gasteiger partial charge in [0.2, 0.25) is 0 Å². The first kappa shape index (κ1) is 27.2. The molecule has 5 aromatic carbocycles. The van der Waals surface area contributed by atoms with E-state index in [1.165, 1.54) is 60.9 Å². The fourth-order valence-electron chi connectivity index (χ4n) is 8.53. The Labute approximate surface area is 270 Å². The predicted octanol–water partition coefficient (Wildman–Crippen LogP) is 11.2. The summed E-state index contributed by atoms with van der Waals surface area (Å²) in [6.45, 7) is 7.08. The van der Waals surface area contributed by atoms with Crippen molar-refractivity contribution in [2.75, 3.05) is 10.2 Å². The molecule has 224 valence electrons. The smallest absolute Gasteiger partial charge is 0.119 e. The molecular formula is C43H37N3. The van der Waals surface area contributed by atoms with Crippen molar-refractivity contribution in [2.45, 2.75) is 38.8 Å². The molecule has 3 aliphatic rings. The van der Waals surface area contributed by atoms with E-state index in [4.69, 9.17) is 4.98 Å². The average molecular weight is 596 g/mol. The van der Waals surface area contributed by atoms with Crippen LogP contribution in [0.2, 0.25) is 0 Å². The Bertz CT molecular complexity index is 2280. The van der Waals surface area contributed by atoms with Gasteiger partial charge < -0.3 is 10.2 Å². The minimum Gasteiger partial charge on any atom is -0.360 e. The molecule has 0 bridgehead atoms. The topological polar surface area (TPSA) is 28.2 Å². The summed E-state index contributed by atoms with van der Waals surface area (Å²) in [5.41, 5.74) is 10.7. The van der Waals surface area contributed by atoms with Crippen LogP contribution in [0, 0.1) is 11.8 Å². The zero-order valence-corrected chi connectivity index (χ0v) is 26.5. The van der Waals surface area contributed by atoms with Crippen molar-refractivity contribution in [3.8, 4) is 0 Å². The summed E-state index contributed by atoms with van der Waals surface area (Å²) in [4.78, 5) is 7.99. The number of hydrogen-bond acceptors (Lipinski definition) is 3. The lowest BCUT2D eigenvalue weighted by Crippen LogP contribution is -2.53. The monoisotopic (exact) mass is 595 g/mol. The first-order valence-corrected chi connectivity index (χ1v) is 16.6. The molecule has 1 aliphatic heterocycles. The van der Waals surface area contributed by atoms with Gasteiger partial charge in [0.15, 0.2) is 0 Å². The quantitative estimate of drug-likeness (QED) is 0.163. The molecule has 9 rings (SSSR count). The van der Waals surface area contributed by atoms with Crippen molar-refractivity contribution in [3.05, 3.63) is 144 Å². The van der Waals surface area contributed by atoms with Gasteiger partial charge in [-0.15, -0.1) is 0 Å². The summed E-state index contributed by atoms with van der Waals surface area (Å²) >= 11 is 0. The van der Waals surface area contributed by atoms with Crippen LogP contribution in [-0.2, 0) is 0 Å². The molecule has 6 aromatic rings. The van der Waals surface area contributed by atoms with Gasteiger partial charge in [0.25, 0.3) is 0 Å². The number of nitrogens with one attached hydrogen (secondary N) is 1. The minimum absolute atomic E-state index is 0.224. The number of benzene rings is 5.